The van der Waals surface area contributed by atoms with Crippen LogP contribution in [0.3, 0.4) is 0 Å². The molecule has 1 aromatic rings. The molecule has 9 nitrogen and oxygen atoms in total. The highest BCUT2D eigenvalue weighted by molar-refractivity contribution is 5.86. The minimum absolute atomic E-state index is 0.0384. The standard InChI is InChI=1S/C16H21N3O6/c1-25-16(22)12(10-20)17-15(21)11-6-8-18(9-7-11)13-4-2-3-5-14(13)19(23)24/h2-5,11-12,20H,6-10H2,1H3,(H,17,21)/t12-/m1/s1. The smallest absolute Gasteiger partial charge is 0.330 e. The van der Waals surface area contributed by atoms with Gasteiger partial charge in [-0.05, 0) is 18.9 Å². The van der Waals surface area contributed by atoms with E-state index in [1.807, 2.05) is 4.90 Å². The van der Waals surface area contributed by atoms with E-state index in [4.69, 9.17) is 5.11 Å². The van der Waals surface area contributed by atoms with E-state index >= 15 is 0 Å². The first kappa shape index (κ1) is 18.7. The summed E-state index contributed by atoms with van der Waals surface area (Å²) in [5, 5.41) is 22.8. The molecule has 0 aliphatic carbocycles. The highest BCUT2D eigenvalue weighted by Crippen LogP contribution is 2.31. The Balaban J connectivity index is 1.97. The van der Waals surface area contributed by atoms with E-state index in [-0.39, 0.29) is 17.5 Å². The lowest BCUT2D eigenvalue weighted by Gasteiger charge is -2.33. The molecule has 9 heteroatoms. The van der Waals surface area contributed by atoms with E-state index in [9.17, 15) is 19.7 Å². The number of benzene rings is 1. The topological polar surface area (TPSA) is 122 Å². The van der Waals surface area contributed by atoms with Gasteiger partial charge in [0.1, 0.15) is 5.69 Å². The van der Waals surface area contributed by atoms with Crippen LogP contribution in [0.4, 0.5) is 11.4 Å². The summed E-state index contributed by atoms with van der Waals surface area (Å²) in [5.41, 5.74) is 0.575. The Morgan fingerprint density at radius 1 is 1.40 bits per heavy atom. The van der Waals surface area contributed by atoms with Crippen molar-refractivity contribution < 1.29 is 24.4 Å². The second-order valence-corrected chi connectivity index (χ2v) is 5.77. The van der Waals surface area contributed by atoms with Gasteiger partial charge in [0.05, 0.1) is 18.6 Å². The number of rotatable bonds is 6. The van der Waals surface area contributed by atoms with Crippen molar-refractivity contribution in [2.45, 2.75) is 18.9 Å². The maximum atomic E-state index is 12.2. The average Bonchev–Trinajstić information content (AvgIpc) is 2.65. The summed E-state index contributed by atoms with van der Waals surface area (Å²) < 4.78 is 4.52. The maximum Gasteiger partial charge on any atom is 0.330 e. The van der Waals surface area contributed by atoms with Crippen LogP contribution in [0.15, 0.2) is 24.3 Å². The van der Waals surface area contributed by atoms with Gasteiger partial charge in [0, 0.05) is 25.1 Å². The fourth-order valence-corrected chi connectivity index (χ4v) is 2.88. The Hall–Kier alpha value is -2.68. The predicted molar refractivity (Wildman–Crippen MR) is 89.1 cm³/mol. The third-order valence-corrected chi connectivity index (χ3v) is 4.27. The first-order valence-electron chi connectivity index (χ1n) is 7.95. The molecule has 0 aromatic heterocycles. The molecule has 2 N–H and O–H groups in total. The predicted octanol–water partition coefficient (Wildman–Crippen LogP) is 0.461. The fraction of sp³-hybridized carbons (Fsp3) is 0.500. The molecule has 0 saturated carbocycles. The molecule has 1 aliphatic heterocycles. The van der Waals surface area contributed by atoms with E-state index in [2.05, 4.69) is 10.1 Å². The molecule has 136 valence electrons. The number of aliphatic hydroxyl groups is 1. The van der Waals surface area contributed by atoms with Gasteiger partial charge in [-0.3, -0.25) is 14.9 Å². The van der Waals surface area contributed by atoms with Crippen LogP contribution in [-0.4, -0.2) is 54.8 Å². The Labute approximate surface area is 144 Å². The van der Waals surface area contributed by atoms with Crippen molar-refractivity contribution in [2.75, 3.05) is 31.7 Å². The van der Waals surface area contributed by atoms with E-state index in [1.54, 1.807) is 18.2 Å². The molecule has 0 unspecified atom stereocenters. The van der Waals surface area contributed by atoms with Crippen LogP contribution in [0.5, 0.6) is 0 Å². The summed E-state index contributed by atoms with van der Waals surface area (Å²) in [6, 6.07) is 5.42. The number of carbonyl (C=O) groups excluding carboxylic acids is 2. The van der Waals surface area contributed by atoms with Crippen LogP contribution < -0.4 is 10.2 Å². The number of anilines is 1. The minimum atomic E-state index is -1.08. The number of aliphatic hydroxyl groups excluding tert-OH is 1. The van der Waals surface area contributed by atoms with Gasteiger partial charge in [0.15, 0.2) is 6.04 Å². The molecule has 0 spiro atoms. The number of ether oxygens (including phenoxy) is 1. The Morgan fingerprint density at radius 3 is 2.60 bits per heavy atom. The Bertz CT molecular complexity index is 643. The number of nitrogens with one attached hydrogen (secondary N) is 1. The monoisotopic (exact) mass is 351 g/mol. The number of amides is 1. The van der Waals surface area contributed by atoms with Gasteiger partial charge in [-0.2, -0.15) is 0 Å². The molecule has 1 aromatic carbocycles. The van der Waals surface area contributed by atoms with Gasteiger partial charge >= 0.3 is 5.97 Å². The molecule has 1 saturated heterocycles. The summed E-state index contributed by atoms with van der Waals surface area (Å²) >= 11 is 0. The van der Waals surface area contributed by atoms with Gasteiger partial charge < -0.3 is 20.1 Å². The number of nitrogens with zero attached hydrogens (tertiary/aromatic N) is 2. The zero-order valence-corrected chi connectivity index (χ0v) is 13.9. The van der Waals surface area contributed by atoms with E-state index in [1.165, 1.54) is 13.2 Å². The minimum Gasteiger partial charge on any atom is -0.467 e. The van der Waals surface area contributed by atoms with E-state index in [0.717, 1.165) is 0 Å². The van der Waals surface area contributed by atoms with Crippen molar-refractivity contribution >= 4 is 23.3 Å². The highest BCUT2D eigenvalue weighted by Gasteiger charge is 2.30. The van der Waals surface area contributed by atoms with E-state index in [0.29, 0.717) is 31.6 Å². The van der Waals surface area contributed by atoms with Crippen LogP contribution in [0, 0.1) is 16.0 Å². The number of carbonyl (C=O) groups is 2. The first-order chi connectivity index (χ1) is 12.0. The molecule has 1 heterocycles. The first-order valence-corrected chi connectivity index (χ1v) is 7.95. The molecule has 1 atom stereocenters. The van der Waals surface area contributed by atoms with Gasteiger partial charge in [-0.1, -0.05) is 12.1 Å². The zero-order valence-electron chi connectivity index (χ0n) is 13.9. The quantitative estimate of drug-likeness (QED) is 0.434. The van der Waals surface area contributed by atoms with Crippen LogP contribution in [-0.2, 0) is 14.3 Å². The van der Waals surface area contributed by atoms with Crippen LogP contribution in [0.25, 0.3) is 0 Å². The number of nitro benzene ring substituents is 1. The van der Waals surface area contributed by atoms with E-state index < -0.39 is 23.5 Å². The Kier molecular flexibility index (Phi) is 6.29. The molecule has 1 fully saturated rings. The molecular weight excluding hydrogens is 330 g/mol. The summed E-state index contributed by atoms with van der Waals surface area (Å²) in [5.74, 6) is -1.35. The summed E-state index contributed by atoms with van der Waals surface area (Å²) in [7, 11) is 1.18. The van der Waals surface area contributed by atoms with Gasteiger partial charge in [-0.25, -0.2) is 4.79 Å². The molecule has 2 rings (SSSR count). The molecule has 1 aliphatic rings. The number of nitro groups is 1. The van der Waals surface area contributed by atoms with Crippen molar-refractivity contribution in [3.8, 4) is 0 Å². The normalized spacial score (nSPS) is 16.2. The van der Waals surface area contributed by atoms with Crippen LogP contribution in [0.1, 0.15) is 12.8 Å². The third kappa shape index (κ3) is 4.44. The van der Waals surface area contributed by atoms with Crippen LogP contribution in [0.2, 0.25) is 0 Å². The lowest BCUT2D eigenvalue weighted by atomic mass is 9.95. The second kappa shape index (κ2) is 8.43. The third-order valence-electron chi connectivity index (χ3n) is 4.27. The van der Waals surface area contributed by atoms with Crippen molar-refractivity contribution in [3.63, 3.8) is 0 Å². The van der Waals surface area contributed by atoms with Gasteiger partial charge in [-0.15, -0.1) is 0 Å². The van der Waals surface area contributed by atoms with Crippen molar-refractivity contribution in [1.29, 1.82) is 0 Å². The van der Waals surface area contributed by atoms with Crippen molar-refractivity contribution in [3.05, 3.63) is 34.4 Å². The lowest BCUT2D eigenvalue weighted by Crippen LogP contribution is -2.48. The second-order valence-electron chi connectivity index (χ2n) is 5.77. The number of hydrogen-bond donors (Lipinski definition) is 2. The largest absolute Gasteiger partial charge is 0.467 e. The molecular formula is C16H21N3O6. The van der Waals surface area contributed by atoms with Crippen molar-refractivity contribution in [1.82, 2.24) is 5.32 Å². The maximum absolute atomic E-state index is 12.2. The lowest BCUT2D eigenvalue weighted by molar-refractivity contribution is -0.384. The number of hydrogen-bond acceptors (Lipinski definition) is 7. The zero-order chi connectivity index (χ0) is 18.4. The van der Waals surface area contributed by atoms with Crippen molar-refractivity contribution in [2.24, 2.45) is 5.92 Å². The summed E-state index contributed by atoms with van der Waals surface area (Å²) in [6.07, 6.45) is 0.994. The Morgan fingerprint density at radius 2 is 2.04 bits per heavy atom. The molecule has 25 heavy (non-hydrogen) atoms. The van der Waals surface area contributed by atoms with Gasteiger partial charge in [0.2, 0.25) is 5.91 Å². The van der Waals surface area contributed by atoms with Crippen LogP contribution >= 0.6 is 0 Å². The molecule has 0 bridgehead atoms. The van der Waals surface area contributed by atoms with Gasteiger partial charge in [0.25, 0.3) is 5.69 Å². The number of piperidine rings is 1. The molecule has 1 amide bonds. The SMILES string of the molecule is COC(=O)[C@@H](CO)NC(=O)C1CCN(c2ccccc2[N+](=O)[O-])CC1. The number of para-hydroxylation sites is 2. The summed E-state index contributed by atoms with van der Waals surface area (Å²) in [6.45, 7) is 0.448. The summed E-state index contributed by atoms with van der Waals surface area (Å²) in [4.78, 5) is 36.3. The number of esters is 1. The fourth-order valence-electron chi connectivity index (χ4n) is 2.88. The molecule has 0 radical (unpaired) electrons. The highest BCUT2D eigenvalue weighted by atomic mass is 16.6. The average molecular weight is 351 g/mol. The number of methoxy groups -OCH3 is 1.